The van der Waals surface area contributed by atoms with E-state index in [-0.39, 0.29) is 0 Å². The Kier molecular flexibility index (Phi) is 8.17. The molecule has 0 saturated heterocycles. The molecule has 126 valence electrons. The summed E-state index contributed by atoms with van der Waals surface area (Å²) in [7, 11) is 4.17. The minimum absolute atomic E-state index is 0.486. The van der Waals surface area contributed by atoms with Crippen LogP contribution in [0.15, 0.2) is 6.07 Å². The van der Waals surface area contributed by atoms with E-state index in [4.69, 9.17) is 4.74 Å². The highest BCUT2D eigenvalue weighted by atomic mass is 16.5. The van der Waals surface area contributed by atoms with Gasteiger partial charge in [-0.05, 0) is 38.9 Å². The molecule has 5 nitrogen and oxygen atoms in total. The Morgan fingerprint density at radius 3 is 2.45 bits per heavy atom. The molecular weight excluding hydrogens is 276 g/mol. The van der Waals surface area contributed by atoms with Crippen LogP contribution in [0.5, 0.6) is 5.88 Å². The number of ether oxygens (including phenoxy) is 1. The molecule has 0 aliphatic heterocycles. The Hall–Kier alpha value is -1.36. The maximum Gasteiger partial charge on any atom is 0.218 e. The van der Waals surface area contributed by atoms with Gasteiger partial charge in [-0.1, -0.05) is 27.7 Å². The quantitative estimate of drug-likeness (QED) is 0.673. The molecule has 5 heteroatoms. The fraction of sp³-hybridized carbons (Fsp3) is 0.765. The van der Waals surface area contributed by atoms with Crippen LogP contribution in [0.25, 0.3) is 0 Å². The summed E-state index contributed by atoms with van der Waals surface area (Å²) in [4.78, 5) is 11.3. The second kappa shape index (κ2) is 9.62. The van der Waals surface area contributed by atoms with Gasteiger partial charge in [-0.25, -0.2) is 4.98 Å². The van der Waals surface area contributed by atoms with Gasteiger partial charge in [-0.3, -0.25) is 0 Å². The topological polar surface area (TPSA) is 50.3 Å². The van der Waals surface area contributed by atoms with Crippen molar-refractivity contribution < 1.29 is 4.74 Å². The standard InChI is InChI=1S/C17H32N4O/c1-13(2)10-16-19-15(18-8-7-9-21(5)6)11-17(20-16)22-12-14(3)4/h11,13-14H,7-10,12H2,1-6H3,(H,18,19,20). The SMILES string of the molecule is CC(C)COc1cc(NCCCN(C)C)nc(CC(C)C)n1. The molecule has 0 aliphatic rings. The molecule has 1 rings (SSSR count). The molecule has 0 aromatic carbocycles. The van der Waals surface area contributed by atoms with Gasteiger partial charge in [0.25, 0.3) is 0 Å². The third kappa shape index (κ3) is 8.17. The molecule has 0 fully saturated rings. The molecule has 0 saturated carbocycles. The van der Waals surface area contributed by atoms with E-state index in [1.54, 1.807) is 0 Å². The fourth-order valence-electron chi connectivity index (χ4n) is 1.96. The minimum atomic E-state index is 0.486. The third-order valence-electron chi connectivity index (χ3n) is 2.99. The molecular formula is C17H32N4O. The molecule has 0 spiro atoms. The zero-order chi connectivity index (χ0) is 16.5. The van der Waals surface area contributed by atoms with Crippen LogP contribution in [0.1, 0.15) is 39.9 Å². The van der Waals surface area contributed by atoms with Gasteiger partial charge in [0.1, 0.15) is 11.6 Å². The maximum absolute atomic E-state index is 5.78. The number of hydrogen-bond donors (Lipinski definition) is 1. The van der Waals surface area contributed by atoms with Crippen LogP contribution in [-0.4, -0.2) is 48.7 Å². The van der Waals surface area contributed by atoms with Crippen molar-refractivity contribution in [1.82, 2.24) is 14.9 Å². The first-order chi connectivity index (χ1) is 10.4. The summed E-state index contributed by atoms with van der Waals surface area (Å²) in [5, 5.41) is 3.38. The number of nitrogens with one attached hydrogen (secondary N) is 1. The van der Waals surface area contributed by atoms with Gasteiger partial charge >= 0.3 is 0 Å². The second-order valence-electron chi connectivity index (χ2n) is 6.89. The highest BCUT2D eigenvalue weighted by Gasteiger charge is 2.08. The van der Waals surface area contributed by atoms with Crippen molar-refractivity contribution in [2.75, 3.05) is 39.1 Å². The van der Waals surface area contributed by atoms with Crippen LogP contribution in [0.2, 0.25) is 0 Å². The van der Waals surface area contributed by atoms with Gasteiger partial charge in [0.05, 0.1) is 6.61 Å². The predicted molar refractivity (Wildman–Crippen MR) is 92.6 cm³/mol. The van der Waals surface area contributed by atoms with Gasteiger partial charge in [0.15, 0.2) is 0 Å². The fourth-order valence-corrected chi connectivity index (χ4v) is 1.96. The summed E-state index contributed by atoms with van der Waals surface area (Å²) in [6.07, 6.45) is 1.95. The van der Waals surface area contributed by atoms with Crippen LogP contribution in [-0.2, 0) is 6.42 Å². The van der Waals surface area contributed by atoms with E-state index in [0.717, 1.165) is 37.6 Å². The molecule has 0 radical (unpaired) electrons. The van der Waals surface area contributed by atoms with Crippen molar-refractivity contribution in [1.29, 1.82) is 0 Å². The van der Waals surface area contributed by atoms with Gasteiger partial charge in [0.2, 0.25) is 5.88 Å². The Balaban J connectivity index is 2.69. The number of nitrogens with zero attached hydrogens (tertiary/aromatic N) is 3. The molecule has 1 aromatic heterocycles. The van der Waals surface area contributed by atoms with Gasteiger partial charge in [-0.2, -0.15) is 4.98 Å². The Morgan fingerprint density at radius 1 is 1.14 bits per heavy atom. The molecule has 0 amide bonds. The average Bonchev–Trinajstić information content (AvgIpc) is 2.40. The van der Waals surface area contributed by atoms with Crippen LogP contribution in [0, 0.1) is 11.8 Å². The molecule has 1 N–H and O–H groups in total. The summed E-state index contributed by atoms with van der Waals surface area (Å²) in [5.41, 5.74) is 0. The minimum Gasteiger partial charge on any atom is -0.477 e. The predicted octanol–water partition coefficient (Wildman–Crippen LogP) is 3.07. The summed E-state index contributed by atoms with van der Waals surface area (Å²) in [6.45, 7) is 11.3. The molecule has 1 heterocycles. The monoisotopic (exact) mass is 308 g/mol. The summed E-state index contributed by atoms with van der Waals surface area (Å²) >= 11 is 0. The van der Waals surface area contributed by atoms with Gasteiger partial charge in [0, 0.05) is 19.0 Å². The number of rotatable bonds is 10. The van der Waals surface area contributed by atoms with Crippen LogP contribution in [0.4, 0.5) is 5.82 Å². The van der Waals surface area contributed by atoms with Gasteiger partial charge in [-0.15, -0.1) is 0 Å². The molecule has 0 atom stereocenters. The Labute approximate surface area is 135 Å². The van der Waals surface area contributed by atoms with Crippen LogP contribution >= 0.6 is 0 Å². The van der Waals surface area contributed by atoms with E-state index in [0.29, 0.717) is 24.3 Å². The van der Waals surface area contributed by atoms with Crippen molar-refractivity contribution in [2.24, 2.45) is 11.8 Å². The molecule has 0 aliphatic carbocycles. The lowest BCUT2D eigenvalue weighted by Crippen LogP contribution is -2.17. The van der Waals surface area contributed by atoms with Crippen molar-refractivity contribution in [3.8, 4) is 5.88 Å². The van der Waals surface area contributed by atoms with Crippen LogP contribution in [0.3, 0.4) is 0 Å². The van der Waals surface area contributed by atoms with E-state index in [1.165, 1.54) is 0 Å². The first-order valence-corrected chi connectivity index (χ1v) is 8.26. The summed E-state index contributed by atoms with van der Waals surface area (Å²) in [5.74, 6) is 3.41. The van der Waals surface area contributed by atoms with E-state index in [2.05, 4.69) is 62.0 Å². The molecule has 1 aromatic rings. The zero-order valence-electron chi connectivity index (χ0n) is 15.0. The highest BCUT2D eigenvalue weighted by molar-refractivity contribution is 5.38. The zero-order valence-corrected chi connectivity index (χ0v) is 15.0. The van der Waals surface area contributed by atoms with Crippen molar-refractivity contribution >= 4 is 5.82 Å². The van der Waals surface area contributed by atoms with E-state index in [1.807, 2.05) is 6.07 Å². The first-order valence-electron chi connectivity index (χ1n) is 8.26. The largest absolute Gasteiger partial charge is 0.477 e. The lowest BCUT2D eigenvalue weighted by Gasteiger charge is -2.14. The van der Waals surface area contributed by atoms with E-state index in [9.17, 15) is 0 Å². The van der Waals surface area contributed by atoms with Crippen LogP contribution < -0.4 is 10.1 Å². The van der Waals surface area contributed by atoms with E-state index >= 15 is 0 Å². The van der Waals surface area contributed by atoms with Crippen molar-refractivity contribution in [3.05, 3.63) is 11.9 Å². The third-order valence-corrected chi connectivity index (χ3v) is 2.99. The maximum atomic E-state index is 5.78. The van der Waals surface area contributed by atoms with Crippen molar-refractivity contribution in [3.63, 3.8) is 0 Å². The lowest BCUT2D eigenvalue weighted by atomic mass is 10.1. The van der Waals surface area contributed by atoms with Crippen molar-refractivity contribution in [2.45, 2.75) is 40.5 Å². The Bertz CT molecular complexity index is 433. The second-order valence-corrected chi connectivity index (χ2v) is 6.89. The molecule has 22 heavy (non-hydrogen) atoms. The highest BCUT2D eigenvalue weighted by Crippen LogP contribution is 2.16. The summed E-state index contributed by atoms with van der Waals surface area (Å²) < 4.78 is 5.78. The number of aromatic nitrogens is 2. The number of anilines is 1. The average molecular weight is 308 g/mol. The summed E-state index contributed by atoms with van der Waals surface area (Å²) in [6, 6.07) is 1.90. The lowest BCUT2D eigenvalue weighted by molar-refractivity contribution is 0.260. The number of hydrogen-bond acceptors (Lipinski definition) is 5. The molecule has 0 bridgehead atoms. The smallest absolute Gasteiger partial charge is 0.218 e. The van der Waals surface area contributed by atoms with Gasteiger partial charge < -0.3 is 15.0 Å². The van der Waals surface area contributed by atoms with E-state index < -0.39 is 0 Å². The normalized spacial score (nSPS) is 11.5. The first kappa shape index (κ1) is 18.7. The molecule has 0 unspecified atom stereocenters. The Morgan fingerprint density at radius 2 is 1.86 bits per heavy atom.